The third-order valence-corrected chi connectivity index (χ3v) is 4.49. The molecule has 0 heterocycles. The van der Waals surface area contributed by atoms with Gasteiger partial charge in [-0.25, -0.2) is 8.42 Å². The van der Waals surface area contributed by atoms with Gasteiger partial charge in [-0.1, -0.05) is 41.9 Å². The Hall–Kier alpha value is -1.56. The van der Waals surface area contributed by atoms with Crippen molar-refractivity contribution in [3.05, 3.63) is 64.2 Å². The SMILES string of the molecule is Cc1ccc(Cl)c(NS(=O)(=O)Cc2cccc(CO)c2)c1. The number of nitrogens with one attached hydrogen (secondary N) is 1. The van der Waals surface area contributed by atoms with Gasteiger partial charge >= 0.3 is 0 Å². The Morgan fingerprint density at radius 1 is 1.14 bits per heavy atom. The van der Waals surface area contributed by atoms with Crippen molar-refractivity contribution in [3.63, 3.8) is 0 Å². The van der Waals surface area contributed by atoms with Crippen molar-refractivity contribution in [1.29, 1.82) is 0 Å². The summed E-state index contributed by atoms with van der Waals surface area (Å²) in [5, 5.41) is 9.43. The highest BCUT2D eigenvalue weighted by molar-refractivity contribution is 7.91. The summed E-state index contributed by atoms with van der Waals surface area (Å²) in [5.74, 6) is -0.175. The van der Waals surface area contributed by atoms with Crippen molar-refractivity contribution in [3.8, 4) is 0 Å². The van der Waals surface area contributed by atoms with Gasteiger partial charge in [-0.15, -0.1) is 0 Å². The monoisotopic (exact) mass is 325 g/mol. The molecule has 112 valence electrons. The average molecular weight is 326 g/mol. The minimum atomic E-state index is -3.57. The van der Waals surface area contributed by atoms with Gasteiger partial charge < -0.3 is 5.11 Å². The van der Waals surface area contributed by atoms with Gasteiger partial charge in [0.15, 0.2) is 0 Å². The van der Waals surface area contributed by atoms with Crippen molar-refractivity contribution in [2.75, 3.05) is 4.72 Å². The van der Waals surface area contributed by atoms with E-state index in [2.05, 4.69) is 4.72 Å². The number of hydrogen-bond donors (Lipinski definition) is 2. The lowest BCUT2D eigenvalue weighted by molar-refractivity contribution is 0.282. The van der Waals surface area contributed by atoms with E-state index in [0.29, 0.717) is 21.8 Å². The lowest BCUT2D eigenvalue weighted by Crippen LogP contribution is -2.15. The number of hydrogen-bond acceptors (Lipinski definition) is 3. The van der Waals surface area contributed by atoms with Crippen LogP contribution in [-0.2, 0) is 22.4 Å². The van der Waals surface area contributed by atoms with E-state index >= 15 is 0 Å². The Labute approximate surface area is 129 Å². The Morgan fingerprint density at radius 2 is 1.86 bits per heavy atom. The van der Waals surface area contributed by atoms with E-state index in [1.54, 1.807) is 36.4 Å². The first-order chi connectivity index (χ1) is 9.89. The Bertz CT molecular complexity index is 744. The van der Waals surface area contributed by atoms with E-state index in [-0.39, 0.29) is 12.4 Å². The van der Waals surface area contributed by atoms with Gasteiger partial charge in [-0.2, -0.15) is 0 Å². The van der Waals surface area contributed by atoms with Crippen LogP contribution in [0.4, 0.5) is 5.69 Å². The summed E-state index contributed by atoms with van der Waals surface area (Å²) >= 11 is 5.99. The molecule has 2 N–H and O–H groups in total. The van der Waals surface area contributed by atoms with E-state index in [9.17, 15) is 8.42 Å². The number of aliphatic hydroxyl groups is 1. The molecule has 0 unspecified atom stereocenters. The fraction of sp³-hybridized carbons (Fsp3) is 0.200. The number of halogens is 1. The molecule has 0 atom stereocenters. The van der Waals surface area contributed by atoms with E-state index in [1.165, 1.54) is 0 Å². The molecule has 0 aliphatic carbocycles. The summed E-state index contributed by atoms with van der Waals surface area (Å²) in [6, 6.07) is 12.0. The molecule has 0 saturated heterocycles. The normalized spacial score (nSPS) is 11.4. The number of aliphatic hydroxyl groups excluding tert-OH is 1. The topological polar surface area (TPSA) is 66.4 Å². The zero-order valence-electron chi connectivity index (χ0n) is 11.5. The standard InChI is InChI=1S/C15H16ClNO3S/c1-11-5-6-14(16)15(7-11)17-21(19,20)10-13-4-2-3-12(8-13)9-18/h2-8,17-18H,9-10H2,1H3. The zero-order chi connectivity index (χ0) is 15.5. The summed E-state index contributed by atoms with van der Waals surface area (Å²) in [7, 11) is -3.57. The minimum Gasteiger partial charge on any atom is -0.392 e. The molecule has 4 nitrogen and oxygen atoms in total. The van der Waals surface area contributed by atoms with Gasteiger partial charge in [-0.05, 0) is 35.7 Å². The number of benzene rings is 2. The molecule has 0 saturated carbocycles. The number of anilines is 1. The van der Waals surface area contributed by atoms with Crippen LogP contribution in [0.5, 0.6) is 0 Å². The van der Waals surface area contributed by atoms with Gasteiger partial charge in [-0.3, -0.25) is 4.72 Å². The summed E-state index contributed by atoms with van der Waals surface area (Å²) in [6.45, 7) is 1.74. The Morgan fingerprint density at radius 3 is 2.57 bits per heavy atom. The zero-order valence-corrected chi connectivity index (χ0v) is 13.1. The van der Waals surface area contributed by atoms with Crippen molar-refractivity contribution < 1.29 is 13.5 Å². The molecule has 0 fully saturated rings. The molecule has 0 radical (unpaired) electrons. The molecule has 0 aliphatic rings. The minimum absolute atomic E-state index is 0.120. The highest BCUT2D eigenvalue weighted by Crippen LogP contribution is 2.24. The van der Waals surface area contributed by atoms with Crippen LogP contribution in [0.3, 0.4) is 0 Å². The molecule has 0 aliphatic heterocycles. The van der Waals surface area contributed by atoms with Gasteiger partial charge in [0.1, 0.15) is 0 Å². The Kier molecular flexibility index (Phi) is 4.88. The maximum atomic E-state index is 12.2. The summed E-state index contributed by atoms with van der Waals surface area (Å²) < 4.78 is 26.9. The van der Waals surface area contributed by atoms with Gasteiger partial charge in [0.2, 0.25) is 10.0 Å². The molecule has 2 aromatic rings. The Balaban J connectivity index is 2.20. The summed E-state index contributed by atoms with van der Waals surface area (Å²) in [6.07, 6.45) is 0. The fourth-order valence-corrected chi connectivity index (χ4v) is 3.37. The first-order valence-electron chi connectivity index (χ1n) is 6.35. The van der Waals surface area contributed by atoms with Crippen LogP contribution in [0.1, 0.15) is 16.7 Å². The smallest absolute Gasteiger partial charge is 0.236 e. The quantitative estimate of drug-likeness (QED) is 0.887. The lowest BCUT2D eigenvalue weighted by atomic mass is 10.1. The van der Waals surface area contributed by atoms with Crippen LogP contribution in [0, 0.1) is 6.92 Å². The molecular formula is C15H16ClNO3S. The van der Waals surface area contributed by atoms with Crippen LogP contribution in [0.2, 0.25) is 5.02 Å². The molecule has 2 aromatic carbocycles. The maximum absolute atomic E-state index is 12.2. The lowest BCUT2D eigenvalue weighted by Gasteiger charge is -2.11. The number of sulfonamides is 1. The third kappa shape index (κ3) is 4.46. The number of aryl methyl sites for hydroxylation is 1. The van der Waals surface area contributed by atoms with Gasteiger partial charge in [0.25, 0.3) is 0 Å². The second-order valence-corrected chi connectivity index (χ2v) is 6.95. The summed E-state index contributed by atoms with van der Waals surface area (Å²) in [4.78, 5) is 0. The van der Waals surface area contributed by atoms with E-state index in [4.69, 9.17) is 16.7 Å². The van der Waals surface area contributed by atoms with Crippen molar-refractivity contribution in [2.45, 2.75) is 19.3 Å². The van der Waals surface area contributed by atoms with Crippen molar-refractivity contribution in [2.24, 2.45) is 0 Å². The predicted octanol–water partition coefficient (Wildman–Crippen LogP) is 3.08. The highest BCUT2D eigenvalue weighted by Gasteiger charge is 2.14. The number of rotatable bonds is 5. The van der Waals surface area contributed by atoms with Gasteiger partial charge in [0.05, 0.1) is 23.1 Å². The van der Waals surface area contributed by atoms with E-state index in [0.717, 1.165) is 5.56 Å². The first-order valence-corrected chi connectivity index (χ1v) is 8.38. The average Bonchev–Trinajstić information content (AvgIpc) is 2.42. The molecular weight excluding hydrogens is 310 g/mol. The van der Waals surface area contributed by atoms with Crippen LogP contribution < -0.4 is 4.72 Å². The van der Waals surface area contributed by atoms with Crippen molar-refractivity contribution in [1.82, 2.24) is 0 Å². The van der Waals surface area contributed by atoms with Crippen LogP contribution >= 0.6 is 11.6 Å². The molecule has 0 amide bonds. The van der Waals surface area contributed by atoms with E-state index < -0.39 is 10.0 Å². The first kappa shape index (κ1) is 15.8. The molecule has 0 spiro atoms. The van der Waals surface area contributed by atoms with E-state index in [1.807, 2.05) is 13.0 Å². The van der Waals surface area contributed by atoms with Crippen LogP contribution in [-0.4, -0.2) is 13.5 Å². The third-order valence-electron chi connectivity index (χ3n) is 2.92. The largest absolute Gasteiger partial charge is 0.392 e. The van der Waals surface area contributed by atoms with Crippen molar-refractivity contribution >= 4 is 27.3 Å². The maximum Gasteiger partial charge on any atom is 0.236 e. The fourth-order valence-electron chi connectivity index (χ4n) is 1.96. The molecule has 2 rings (SSSR count). The second-order valence-electron chi connectivity index (χ2n) is 4.82. The van der Waals surface area contributed by atoms with Crippen LogP contribution in [0.15, 0.2) is 42.5 Å². The summed E-state index contributed by atoms with van der Waals surface area (Å²) in [5.41, 5.74) is 2.57. The highest BCUT2D eigenvalue weighted by atomic mass is 35.5. The molecule has 0 aromatic heterocycles. The van der Waals surface area contributed by atoms with Gasteiger partial charge in [0, 0.05) is 0 Å². The molecule has 21 heavy (non-hydrogen) atoms. The molecule has 0 bridgehead atoms. The molecule has 6 heteroatoms. The second kappa shape index (κ2) is 6.47. The van der Waals surface area contributed by atoms with Crippen LogP contribution in [0.25, 0.3) is 0 Å². The predicted molar refractivity (Wildman–Crippen MR) is 84.8 cm³/mol.